The number of nitrogens with zero attached hydrogens (tertiary/aromatic N) is 2. The molecule has 0 radical (unpaired) electrons. The van der Waals surface area contributed by atoms with Crippen LogP contribution in [0.4, 0.5) is 4.79 Å². The second kappa shape index (κ2) is 4.18. The molecule has 5 nitrogen and oxygen atoms in total. The van der Waals surface area contributed by atoms with E-state index in [0.29, 0.717) is 0 Å². The van der Waals surface area contributed by atoms with Crippen molar-refractivity contribution in [2.45, 2.75) is 18.9 Å². The molecule has 0 saturated carbocycles. The first-order valence-electron chi connectivity index (χ1n) is 5.13. The highest BCUT2D eigenvalue weighted by atomic mass is 32.1. The quantitative estimate of drug-likeness (QED) is 0.823. The number of amides is 3. The molecule has 88 valence electrons. The summed E-state index contributed by atoms with van der Waals surface area (Å²) in [7, 11) is 0. The van der Waals surface area contributed by atoms with Gasteiger partial charge in [-0.3, -0.25) is 9.69 Å². The number of carbonyl (C=O) groups excluding carboxylic acids is 2. The van der Waals surface area contributed by atoms with Crippen LogP contribution >= 0.6 is 11.3 Å². The zero-order chi connectivity index (χ0) is 12.5. The molecule has 1 N–H and O–H groups in total. The normalized spacial score (nSPS) is 23.6. The van der Waals surface area contributed by atoms with E-state index in [1.165, 1.54) is 11.3 Å². The number of carbonyl (C=O) groups is 2. The summed E-state index contributed by atoms with van der Waals surface area (Å²) in [5.41, 5.74) is -0.215. The Labute approximate surface area is 103 Å². The van der Waals surface area contributed by atoms with Crippen molar-refractivity contribution >= 4 is 23.3 Å². The van der Waals surface area contributed by atoms with E-state index < -0.39 is 11.6 Å². The average Bonchev–Trinajstić information content (AvgIpc) is 2.88. The summed E-state index contributed by atoms with van der Waals surface area (Å²) in [6.07, 6.45) is 0.152. The van der Waals surface area contributed by atoms with Crippen molar-refractivity contribution in [1.82, 2.24) is 10.2 Å². The van der Waals surface area contributed by atoms with Crippen molar-refractivity contribution in [2.75, 3.05) is 6.54 Å². The maximum absolute atomic E-state index is 12.2. The summed E-state index contributed by atoms with van der Waals surface area (Å²) >= 11 is 1.47. The molecule has 2 rings (SSSR count). The molecule has 0 aliphatic carbocycles. The first kappa shape index (κ1) is 11.6. The largest absolute Gasteiger partial charge is 0.325 e. The van der Waals surface area contributed by atoms with Gasteiger partial charge >= 0.3 is 6.03 Å². The Bertz CT molecular complexity index is 491. The van der Waals surface area contributed by atoms with E-state index in [2.05, 4.69) is 5.32 Å². The van der Waals surface area contributed by atoms with Crippen molar-refractivity contribution in [3.8, 4) is 6.07 Å². The maximum atomic E-state index is 12.2. The van der Waals surface area contributed by atoms with E-state index in [0.717, 1.165) is 10.5 Å². The van der Waals surface area contributed by atoms with E-state index in [-0.39, 0.29) is 18.9 Å². The van der Waals surface area contributed by atoms with E-state index in [9.17, 15) is 9.59 Å². The van der Waals surface area contributed by atoms with Crippen LogP contribution < -0.4 is 5.32 Å². The van der Waals surface area contributed by atoms with Gasteiger partial charge in [-0.1, -0.05) is 0 Å². The first-order chi connectivity index (χ1) is 8.09. The lowest BCUT2D eigenvalue weighted by Gasteiger charge is -2.20. The van der Waals surface area contributed by atoms with Crippen LogP contribution in [0.5, 0.6) is 0 Å². The number of nitriles is 1. The predicted octanol–water partition coefficient (Wildman–Crippen LogP) is 1.43. The predicted molar refractivity (Wildman–Crippen MR) is 62.1 cm³/mol. The van der Waals surface area contributed by atoms with Crippen molar-refractivity contribution in [1.29, 1.82) is 5.26 Å². The Morgan fingerprint density at radius 3 is 2.94 bits per heavy atom. The molecule has 1 aromatic heterocycles. The highest BCUT2D eigenvalue weighted by Crippen LogP contribution is 2.30. The molecule has 2 heterocycles. The number of nitrogens with one attached hydrogen (secondary N) is 1. The second-order valence-corrected chi connectivity index (χ2v) is 4.71. The van der Waals surface area contributed by atoms with Crippen LogP contribution in [0.1, 0.15) is 18.9 Å². The lowest BCUT2D eigenvalue weighted by Crippen LogP contribution is -2.40. The smallest absolute Gasteiger partial charge is 0.319 e. The highest BCUT2D eigenvalue weighted by molar-refractivity contribution is 7.08. The van der Waals surface area contributed by atoms with E-state index in [4.69, 9.17) is 5.26 Å². The lowest BCUT2D eigenvalue weighted by molar-refractivity contribution is -0.131. The van der Waals surface area contributed by atoms with Crippen molar-refractivity contribution < 1.29 is 9.59 Å². The van der Waals surface area contributed by atoms with Gasteiger partial charge in [-0.25, -0.2) is 4.79 Å². The van der Waals surface area contributed by atoms with Gasteiger partial charge in [0.2, 0.25) is 0 Å². The van der Waals surface area contributed by atoms with Gasteiger partial charge in [0.15, 0.2) is 0 Å². The van der Waals surface area contributed by atoms with E-state index in [1.54, 1.807) is 6.92 Å². The summed E-state index contributed by atoms with van der Waals surface area (Å²) in [6, 6.07) is 3.31. The Morgan fingerprint density at radius 1 is 1.59 bits per heavy atom. The summed E-state index contributed by atoms with van der Waals surface area (Å²) in [5, 5.41) is 14.9. The van der Waals surface area contributed by atoms with Gasteiger partial charge in [0.25, 0.3) is 5.91 Å². The van der Waals surface area contributed by atoms with Crippen LogP contribution in [-0.2, 0) is 10.3 Å². The topological polar surface area (TPSA) is 73.2 Å². The SMILES string of the molecule is C[C@]1(c2ccsc2)NC(=O)N(CCC#N)C1=O. The zero-order valence-corrected chi connectivity index (χ0v) is 10.1. The molecule has 1 saturated heterocycles. The van der Waals surface area contributed by atoms with Gasteiger partial charge in [0.05, 0.1) is 12.5 Å². The number of imide groups is 1. The Kier molecular flexibility index (Phi) is 2.86. The van der Waals surface area contributed by atoms with Gasteiger partial charge in [-0.15, -0.1) is 0 Å². The number of thiophene rings is 1. The van der Waals surface area contributed by atoms with E-state index >= 15 is 0 Å². The standard InChI is InChI=1S/C11H11N3O2S/c1-11(8-3-6-17-7-8)9(15)14(5-2-4-12)10(16)13-11/h3,6-7H,2,5H2,1H3,(H,13,16)/t11-/m1/s1. The molecule has 6 heteroatoms. The molecule has 1 atom stereocenters. The highest BCUT2D eigenvalue weighted by Gasteiger charge is 2.48. The minimum atomic E-state index is -0.994. The lowest BCUT2D eigenvalue weighted by atomic mass is 9.95. The fraction of sp³-hybridized carbons (Fsp3) is 0.364. The molecule has 1 aliphatic rings. The van der Waals surface area contributed by atoms with E-state index in [1.807, 2.05) is 22.9 Å². The first-order valence-corrected chi connectivity index (χ1v) is 6.07. The van der Waals surface area contributed by atoms with Crippen LogP contribution in [-0.4, -0.2) is 23.4 Å². The molecule has 0 aromatic carbocycles. The van der Waals surface area contributed by atoms with Crippen molar-refractivity contribution in [3.63, 3.8) is 0 Å². The molecule has 0 bridgehead atoms. The van der Waals surface area contributed by atoms with Gasteiger partial charge in [0.1, 0.15) is 5.54 Å². The molecule has 3 amide bonds. The van der Waals surface area contributed by atoms with Crippen molar-refractivity contribution in [2.24, 2.45) is 0 Å². The molecule has 1 aliphatic heterocycles. The molecule has 17 heavy (non-hydrogen) atoms. The third-order valence-electron chi connectivity index (χ3n) is 2.82. The Hall–Kier alpha value is -1.87. The fourth-order valence-corrected chi connectivity index (χ4v) is 2.57. The molecule has 1 fully saturated rings. The van der Waals surface area contributed by atoms with Crippen molar-refractivity contribution in [3.05, 3.63) is 22.4 Å². The second-order valence-electron chi connectivity index (χ2n) is 3.93. The van der Waals surface area contributed by atoms with Crippen LogP contribution in [0.2, 0.25) is 0 Å². The zero-order valence-electron chi connectivity index (χ0n) is 9.27. The summed E-state index contributed by atoms with van der Waals surface area (Å²) in [6.45, 7) is 1.82. The molecule has 1 aromatic rings. The third kappa shape index (κ3) is 1.78. The summed E-state index contributed by atoms with van der Waals surface area (Å²) in [4.78, 5) is 25.0. The summed E-state index contributed by atoms with van der Waals surface area (Å²) < 4.78 is 0. The number of rotatable bonds is 3. The number of hydrogen-bond acceptors (Lipinski definition) is 4. The number of hydrogen-bond donors (Lipinski definition) is 1. The fourth-order valence-electron chi connectivity index (χ4n) is 1.81. The Morgan fingerprint density at radius 2 is 2.35 bits per heavy atom. The average molecular weight is 249 g/mol. The monoisotopic (exact) mass is 249 g/mol. The van der Waals surface area contributed by atoms with Gasteiger partial charge < -0.3 is 5.32 Å². The molecule has 0 spiro atoms. The minimum Gasteiger partial charge on any atom is -0.319 e. The molecular formula is C11H11N3O2S. The Balaban J connectivity index is 2.27. The minimum absolute atomic E-state index is 0.140. The van der Waals surface area contributed by atoms with Crippen LogP contribution in [0.25, 0.3) is 0 Å². The van der Waals surface area contributed by atoms with Gasteiger partial charge in [-0.2, -0.15) is 16.6 Å². The number of urea groups is 1. The van der Waals surface area contributed by atoms with Crippen LogP contribution in [0.15, 0.2) is 16.8 Å². The van der Waals surface area contributed by atoms with Crippen LogP contribution in [0, 0.1) is 11.3 Å². The third-order valence-corrected chi connectivity index (χ3v) is 3.50. The van der Waals surface area contributed by atoms with Gasteiger partial charge in [-0.05, 0) is 29.3 Å². The molecular weight excluding hydrogens is 238 g/mol. The maximum Gasteiger partial charge on any atom is 0.325 e. The molecule has 0 unspecified atom stereocenters. The van der Waals surface area contributed by atoms with Crippen LogP contribution in [0.3, 0.4) is 0 Å². The summed E-state index contributed by atoms with van der Waals surface area (Å²) in [5.74, 6) is -0.295. The van der Waals surface area contributed by atoms with Gasteiger partial charge in [0, 0.05) is 6.54 Å².